The molecule has 11 heavy (non-hydrogen) atoms. The third kappa shape index (κ3) is 0.991. The monoisotopic (exact) mass is 156 g/mol. The van der Waals surface area contributed by atoms with Gasteiger partial charge in [0.2, 0.25) is 0 Å². The molecule has 0 aliphatic carbocycles. The summed E-state index contributed by atoms with van der Waals surface area (Å²) in [6, 6.07) is 0.588. The Morgan fingerprint density at radius 3 is 2.64 bits per heavy atom. The van der Waals surface area contributed by atoms with Crippen molar-refractivity contribution in [1.82, 2.24) is 10.2 Å². The second kappa shape index (κ2) is 2.44. The maximum atomic E-state index is 5.44. The van der Waals surface area contributed by atoms with Crippen LogP contribution in [0.5, 0.6) is 0 Å². The molecule has 0 aromatic heterocycles. The number of ether oxygens (including phenoxy) is 1. The van der Waals surface area contributed by atoms with Crippen molar-refractivity contribution in [3.63, 3.8) is 0 Å². The number of nitrogens with one attached hydrogen (secondary N) is 1. The predicted octanol–water partition coefficient (Wildman–Crippen LogP) is 0.374. The molecule has 0 amide bonds. The number of rotatable bonds is 1. The average Bonchev–Trinajstić information content (AvgIpc) is 2.27. The van der Waals surface area contributed by atoms with Crippen LogP contribution in [-0.4, -0.2) is 36.5 Å². The molecule has 1 N–H and O–H groups in total. The molecule has 2 aliphatic heterocycles. The van der Waals surface area contributed by atoms with Gasteiger partial charge in [-0.15, -0.1) is 0 Å². The van der Waals surface area contributed by atoms with Gasteiger partial charge in [0.15, 0.2) is 0 Å². The second-order valence-corrected chi connectivity index (χ2v) is 3.75. The summed E-state index contributed by atoms with van der Waals surface area (Å²) in [4.78, 5) is 2.40. The van der Waals surface area contributed by atoms with E-state index in [9.17, 15) is 0 Å². The standard InChI is InChI=1S/C8H16N2O/c1-7(2)10-6-11-5-8(10)3-4-9-8/h7,9H,3-6H2,1-2H3/t8-/m1/s1. The maximum absolute atomic E-state index is 5.44. The van der Waals surface area contributed by atoms with Crippen molar-refractivity contribution in [2.45, 2.75) is 32.0 Å². The number of hydrogen-bond donors (Lipinski definition) is 1. The highest BCUT2D eigenvalue weighted by atomic mass is 16.5. The summed E-state index contributed by atoms with van der Waals surface area (Å²) in [7, 11) is 0. The van der Waals surface area contributed by atoms with E-state index in [0.717, 1.165) is 19.9 Å². The van der Waals surface area contributed by atoms with Gasteiger partial charge in [-0.3, -0.25) is 10.2 Å². The van der Waals surface area contributed by atoms with Gasteiger partial charge in [-0.1, -0.05) is 0 Å². The Labute approximate surface area is 67.7 Å². The van der Waals surface area contributed by atoms with E-state index in [2.05, 4.69) is 24.1 Å². The zero-order valence-corrected chi connectivity index (χ0v) is 7.26. The minimum absolute atomic E-state index is 0.216. The summed E-state index contributed by atoms with van der Waals surface area (Å²) in [5, 5.41) is 3.45. The Hall–Kier alpha value is -0.120. The van der Waals surface area contributed by atoms with E-state index in [-0.39, 0.29) is 5.66 Å². The van der Waals surface area contributed by atoms with Gasteiger partial charge in [-0.05, 0) is 20.3 Å². The first-order valence-electron chi connectivity index (χ1n) is 4.34. The van der Waals surface area contributed by atoms with Crippen LogP contribution < -0.4 is 5.32 Å². The fraction of sp³-hybridized carbons (Fsp3) is 1.00. The van der Waals surface area contributed by atoms with Crippen molar-refractivity contribution in [2.75, 3.05) is 19.9 Å². The van der Waals surface area contributed by atoms with Crippen molar-refractivity contribution >= 4 is 0 Å². The molecule has 1 atom stereocenters. The molecular weight excluding hydrogens is 140 g/mol. The average molecular weight is 156 g/mol. The van der Waals surface area contributed by atoms with Gasteiger partial charge in [-0.2, -0.15) is 0 Å². The van der Waals surface area contributed by atoms with Crippen LogP contribution in [0.3, 0.4) is 0 Å². The van der Waals surface area contributed by atoms with Crippen LogP contribution in [0.2, 0.25) is 0 Å². The number of hydrogen-bond acceptors (Lipinski definition) is 3. The minimum atomic E-state index is 0.216. The molecule has 3 nitrogen and oxygen atoms in total. The van der Waals surface area contributed by atoms with Gasteiger partial charge in [-0.25, -0.2) is 0 Å². The molecule has 2 rings (SSSR count). The van der Waals surface area contributed by atoms with Gasteiger partial charge in [0.1, 0.15) is 6.73 Å². The van der Waals surface area contributed by atoms with Gasteiger partial charge < -0.3 is 4.74 Å². The summed E-state index contributed by atoms with van der Waals surface area (Å²) in [5.74, 6) is 0. The van der Waals surface area contributed by atoms with E-state index in [4.69, 9.17) is 4.74 Å². The lowest BCUT2D eigenvalue weighted by Crippen LogP contribution is -2.67. The van der Waals surface area contributed by atoms with Crippen LogP contribution in [0.4, 0.5) is 0 Å². The molecule has 2 saturated heterocycles. The Morgan fingerprint density at radius 2 is 2.27 bits per heavy atom. The highest BCUT2D eigenvalue weighted by Crippen LogP contribution is 2.30. The van der Waals surface area contributed by atoms with Gasteiger partial charge >= 0.3 is 0 Å². The first-order chi connectivity index (χ1) is 5.25. The Balaban J connectivity index is 2.07. The van der Waals surface area contributed by atoms with Crippen LogP contribution >= 0.6 is 0 Å². The fourth-order valence-electron chi connectivity index (χ4n) is 1.94. The molecular formula is C8H16N2O. The Morgan fingerprint density at radius 1 is 1.55 bits per heavy atom. The fourth-order valence-corrected chi connectivity index (χ4v) is 1.94. The van der Waals surface area contributed by atoms with E-state index in [1.54, 1.807) is 0 Å². The zero-order chi connectivity index (χ0) is 7.90. The maximum Gasteiger partial charge on any atom is 0.101 e. The summed E-state index contributed by atoms with van der Waals surface area (Å²) in [6.45, 7) is 7.25. The van der Waals surface area contributed by atoms with Crippen molar-refractivity contribution < 1.29 is 4.74 Å². The molecule has 0 aromatic carbocycles. The molecule has 3 heteroatoms. The molecule has 0 bridgehead atoms. The van der Waals surface area contributed by atoms with Crippen LogP contribution in [0.15, 0.2) is 0 Å². The third-order valence-corrected chi connectivity index (χ3v) is 2.74. The predicted molar refractivity (Wildman–Crippen MR) is 43.1 cm³/mol. The Bertz CT molecular complexity index is 154. The van der Waals surface area contributed by atoms with Crippen molar-refractivity contribution in [3.05, 3.63) is 0 Å². The minimum Gasteiger partial charge on any atom is -0.363 e. The normalized spacial score (nSPS) is 38.5. The molecule has 1 spiro atoms. The third-order valence-electron chi connectivity index (χ3n) is 2.74. The van der Waals surface area contributed by atoms with Gasteiger partial charge in [0.05, 0.1) is 12.3 Å². The van der Waals surface area contributed by atoms with Crippen LogP contribution in [0.1, 0.15) is 20.3 Å². The first-order valence-corrected chi connectivity index (χ1v) is 4.34. The van der Waals surface area contributed by atoms with Gasteiger partial charge in [0, 0.05) is 12.6 Å². The molecule has 0 saturated carbocycles. The Kier molecular flexibility index (Phi) is 1.67. The molecule has 2 aliphatic rings. The number of nitrogens with zero attached hydrogens (tertiary/aromatic N) is 1. The van der Waals surface area contributed by atoms with Crippen molar-refractivity contribution in [3.8, 4) is 0 Å². The van der Waals surface area contributed by atoms with E-state index in [1.165, 1.54) is 6.42 Å². The first kappa shape index (κ1) is 7.53. The topological polar surface area (TPSA) is 24.5 Å². The zero-order valence-electron chi connectivity index (χ0n) is 7.26. The smallest absolute Gasteiger partial charge is 0.101 e. The van der Waals surface area contributed by atoms with E-state index < -0.39 is 0 Å². The van der Waals surface area contributed by atoms with Gasteiger partial charge in [0.25, 0.3) is 0 Å². The largest absolute Gasteiger partial charge is 0.363 e. The molecule has 0 radical (unpaired) electrons. The highest BCUT2D eigenvalue weighted by molar-refractivity contribution is 4.99. The summed E-state index contributed by atoms with van der Waals surface area (Å²) < 4.78 is 5.44. The lowest BCUT2D eigenvalue weighted by Gasteiger charge is -2.46. The lowest BCUT2D eigenvalue weighted by molar-refractivity contribution is 0.0199. The van der Waals surface area contributed by atoms with Crippen molar-refractivity contribution in [2.24, 2.45) is 0 Å². The summed E-state index contributed by atoms with van der Waals surface area (Å²) in [6.07, 6.45) is 1.24. The molecule has 64 valence electrons. The molecule has 2 heterocycles. The van der Waals surface area contributed by atoms with Crippen LogP contribution in [-0.2, 0) is 4.74 Å². The highest BCUT2D eigenvalue weighted by Gasteiger charge is 2.47. The van der Waals surface area contributed by atoms with Crippen molar-refractivity contribution in [1.29, 1.82) is 0 Å². The van der Waals surface area contributed by atoms with E-state index in [0.29, 0.717) is 6.04 Å². The summed E-state index contributed by atoms with van der Waals surface area (Å²) >= 11 is 0. The van der Waals surface area contributed by atoms with Crippen LogP contribution in [0.25, 0.3) is 0 Å². The van der Waals surface area contributed by atoms with E-state index in [1.807, 2.05) is 0 Å². The molecule has 2 fully saturated rings. The van der Waals surface area contributed by atoms with Crippen LogP contribution in [0, 0.1) is 0 Å². The lowest BCUT2D eigenvalue weighted by atomic mass is 9.97. The summed E-state index contributed by atoms with van der Waals surface area (Å²) in [5.41, 5.74) is 0.216. The SMILES string of the molecule is CC(C)N1COC[C@@]12CCN2. The van der Waals surface area contributed by atoms with E-state index >= 15 is 0 Å². The molecule has 0 unspecified atom stereocenters. The second-order valence-electron chi connectivity index (χ2n) is 3.75. The molecule has 0 aromatic rings. The quantitative estimate of drug-likeness (QED) is 0.594.